The number of nitrogens with zero attached hydrogens (tertiary/aromatic N) is 1. The van der Waals surface area contributed by atoms with Gasteiger partial charge in [-0.1, -0.05) is 49.7 Å². The number of unbranched alkanes of at least 4 members (excludes halogenated alkanes) is 1. The molecule has 1 nitrogen and oxygen atoms in total. The lowest BCUT2D eigenvalue weighted by Gasteiger charge is -2.25. The van der Waals surface area contributed by atoms with Crippen LogP contribution >= 0.6 is 22.6 Å². The van der Waals surface area contributed by atoms with E-state index in [9.17, 15) is 0 Å². The molecule has 19 heavy (non-hydrogen) atoms. The molecule has 0 heterocycles. The molecule has 0 aliphatic rings. The van der Waals surface area contributed by atoms with Gasteiger partial charge in [0.1, 0.15) is 0 Å². The van der Waals surface area contributed by atoms with Crippen LogP contribution in [0.15, 0.2) is 54.6 Å². The van der Waals surface area contributed by atoms with Gasteiger partial charge in [-0.2, -0.15) is 0 Å². The fraction of sp³-hybridized carbons (Fsp3) is 0.294. The summed E-state index contributed by atoms with van der Waals surface area (Å²) < 4.78 is 1.30. The van der Waals surface area contributed by atoms with E-state index in [2.05, 4.69) is 89.0 Å². The highest BCUT2D eigenvalue weighted by Gasteiger charge is 2.07. The number of hydrogen-bond acceptors (Lipinski definition) is 1. The van der Waals surface area contributed by atoms with Crippen LogP contribution in [-0.2, 0) is 6.54 Å². The third-order valence-electron chi connectivity index (χ3n) is 3.17. The van der Waals surface area contributed by atoms with E-state index in [1.807, 2.05) is 0 Å². The molecule has 2 rings (SSSR count). The fourth-order valence-electron chi connectivity index (χ4n) is 2.13. The van der Waals surface area contributed by atoms with Crippen LogP contribution in [0.2, 0.25) is 0 Å². The van der Waals surface area contributed by atoms with Crippen LogP contribution < -0.4 is 4.90 Å². The van der Waals surface area contributed by atoms with Gasteiger partial charge in [-0.15, -0.1) is 0 Å². The van der Waals surface area contributed by atoms with Crippen molar-refractivity contribution in [2.45, 2.75) is 26.3 Å². The Kier molecular flexibility index (Phi) is 5.70. The van der Waals surface area contributed by atoms with Crippen LogP contribution in [-0.4, -0.2) is 6.54 Å². The minimum atomic E-state index is 0.987. The van der Waals surface area contributed by atoms with E-state index >= 15 is 0 Å². The van der Waals surface area contributed by atoms with Gasteiger partial charge in [0.05, 0.1) is 0 Å². The van der Waals surface area contributed by atoms with Gasteiger partial charge in [0.2, 0.25) is 0 Å². The van der Waals surface area contributed by atoms with Gasteiger partial charge in [-0.3, -0.25) is 0 Å². The molecule has 0 atom stereocenters. The molecule has 0 bridgehead atoms. The van der Waals surface area contributed by atoms with Crippen molar-refractivity contribution in [3.05, 3.63) is 63.7 Å². The molecule has 0 N–H and O–H groups in total. The molecule has 2 aromatic carbocycles. The second-order valence-electron chi connectivity index (χ2n) is 4.74. The molecule has 0 amide bonds. The average molecular weight is 365 g/mol. The topological polar surface area (TPSA) is 3.24 Å². The van der Waals surface area contributed by atoms with Crippen LogP contribution in [0, 0.1) is 3.57 Å². The Balaban J connectivity index is 2.16. The summed E-state index contributed by atoms with van der Waals surface area (Å²) in [4.78, 5) is 2.47. The standard InChI is InChI=1S/C17H20IN/c1-2-3-12-19(14-15-8-5-4-6-9-15)17-11-7-10-16(18)13-17/h4-11,13H,2-3,12,14H2,1H3. The summed E-state index contributed by atoms with van der Waals surface area (Å²) in [6, 6.07) is 19.5. The van der Waals surface area contributed by atoms with Crippen molar-refractivity contribution in [2.24, 2.45) is 0 Å². The van der Waals surface area contributed by atoms with Gasteiger partial charge in [0.15, 0.2) is 0 Å². The zero-order valence-corrected chi connectivity index (χ0v) is 13.5. The molecule has 0 aliphatic heterocycles. The first-order chi connectivity index (χ1) is 9.29. The van der Waals surface area contributed by atoms with Crippen LogP contribution in [0.5, 0.6) is 0 Å². The lowest BCUT2D eigenvalue weighted by Crippen LogP contribution is -2.23. The Morgan fingerprint density at radius 2 is 1.79 bits per heavy atom. The van der Waals surface area contributed by atoms with Gasteiger partial charge in [0.25, 0.3) is 0 Å². The Hall–Kier alpha value is -1.03. The zero-order valence-electron chi connectivity index (χ0n) is 11.3. The van der Waals surface area contributed by atoms with Gasteiger partial charge in [-0.25, -0.2) is 0 Å². The highest BCUT2D eigenvalue weighted by molar-refractivity contribution is 14.1. The molecule has 0 saturated carbocycles. The predicted molar refractivity (Wildman–Crippen MR) is 91.6 cm³/mol. The maximum absolute atomic E-state index is 2.47. The number of halogens is 1. The monoisotopic (exact) mass is 365 g/mol. The highest BCUT2D eigenvalue weighted by atomic mass is 127. The highest BCUT2D eigenvalue weighted by Crippen LogP contribution is 2.20. The maximum atomic E-state index is 2.47. The summed E-state index contributed by atoms with van der Waals surface area (Å²) in [5.74, 6) is 0. The second-order valence-corrected chi connectivity index (χ2v) is 5.99. The van der Waals surface area contributed by atoms with E-state index in [1.165, 1.54) is 27.7 Å². The normalized spacial score (nSPS) is 10.4. The van der Waals surface area contributed by atoms with Crippen LogP contribution in [0.25, 0.3) is 0 Å². The number of anilines is 1. The van der Waals surface area contributed by atoms with E-state index < -0.39 is 0 Å². The summed E-state index contributed by atoms with van der Waals surface area (Å²) in [7, 11) is 0. The molecule has 100 valence electrons. The lowest BCUT2D eigenvalue weighted by atomic mass is 10.2. The Morgan fingerprint density at radius 3 is 2.47 bits per heavy atom. The zero-order chi connectivity index (χ0) is 13.5. The van der Waals surface area contributed by atoms with Gasteiger partial charge in [-0.05, 0) is 52.8 Å². The van der Waals surface area contributed by atoms with Crippen molar-refractivity contribution in [1.82, 2.24) is 0 Å². The van der Waals surface area contributed by atoms with Crippen molar-refractivity contribution in [1.29, 1.82) is 0 Å². The predicted octanol–water partition coefficient (Wildman–Crippen LogP) is 5.10. The maximum Gasteiger partial charge on any atom is 0.0429 e. The Bertz CT molecular complexity index is 496. The van der Waals surface area contributed by atoms with Crippen LogP contribution in [0.1, 0.15) is 25.3 Å². The lowest BCUT2D eigenvalue weighted by molar-refractivity contribution is 0.716. The average Bonchev–Trinajstić information content (AvgIpc) is 2.44. The largest absolute Gasteiger partial charge is 0.367 e. The summed E-state index contributed by atoms with van der Waals surface area (Å²) >= 11 is 2.38. The molecular formula is C17H20IN. The van der Waals surface area contributed by atoms with E-state index in [0.29, 0.717) is 0 Å². The molecule has 0 spiro atoms. The summed E-state index contributed by atoms with van der Waals surface area (Å²) in [5.41, 5.74) is 2.70. The molecule has 0 unspecified atom stereocenters. The van der Waals surface area contributed by atoms with Crippen LogP contribution in [0.3, 0.4) is 0 Å². The van der Waals surface area contributed by atoms with E-state index in [4.69, 9.17) is 0 Å². The van der Waals surface area contributed by atoms with Crippen molar-refractivity contribution in [3.63, 3.8) is 0 Å². The van der Waals surface area contributed by atoms with Crippen molar-refractivity contribution in [2.75, 3.05) is 11.4 Å². The second kappa shape index (κ2) is 7.53. The summed E-state index contributed by atoms with van der Waals surface area (Å²) in [6.07, 6.45) is 2.47. The molecule has 2 aromatic rings. The minimum absolute atomic E-state index is 0.987. The minimum Gasteiger partial charge on any atom is -0.367 e. The molecule has 0 saturated heterocycles. The Morgan fingerprint density at radius 1 is 1.00 bits per heavy atom. The molecule has 0 fully saturated rings. The van der Waals surface area contributed by atoms with Gasteiger partial charge >= 0.3 is 0 Å². The van der Waals surface area contributed by atoms with E-state index in [0.717, 1.165) is 13.1 Å². The van der Waals surface area contributed by atoms with Crippen molar-refractivity contribution in [3.8, 4) is 0 Å². The smallest absolute Gasteiger partial charge is 0.0429 e. The number of rotatable bonds is 6. The van der Waals surface area contributed by atoms with E-state index in [-0.39, 0.29) is 0 Å². The first-order valence-electron chi connectivity index (χ1n) is 6.84. The van der Waals surface area contributed by atoms with Crippen molar-refractivity contribution >= 4 is 28.3 Å². The quantitative estimate of drug-likeness (QED) is 0.644. The third kappa shape index (κ3) is 4.53. The SMILES string of the molecule is CCCCN(Cc1ccccc1)c1cccc(I)c1. The van der Waals surface area contributed by atoms with Crippen molar-refractivity contribution < 1.29 is 0 Å². The molecular weight excluding hydrogens is 345 g/mol. The molecule has 0 radical (unpaired) electrons. The molecule has 0 aliphatic carbocycles. The van der Waals surface area contributed by atoms with Crippen LogP contribution in [0.4, 0.5) is 5.69 Å². The molecule has 2 heteroatoms. The first kappa shape index (κ1) is 14.4. The third-order valence-corrected chi connectivity index (χ3v) is 3.84. The molecule has 0 aromatic heterocycles. The number of hydrogen-bond donors (Lipinski definition) is 0. The fourth-order valence-corrected chi connectivity index (χ4v) is 2.65. The summed E-state index contributed by atoms with van der Waals surface area (Å²) in [6.45, 7) is 4.35. The summed E-state index contributed by atoms with van der Waals surface area (Å²) in [5, 5.41) is 0. The number of benzene rings is 2. The van der Waals surface area contributed by atoms with E-state index in [1.54, 1.807) is 0 Å². The van der Waals surface area contributed by atoms with Gasteiger partial charge in [0, 0.05) is 22.3 Å². The first-order valence-corrected chi connectivity index (χ1v) is 7.92. The Labute approximate surface area is 129 Å². The van der Waals surface area contributed by atoms with Gasteiger partial charge < -0.3 is 4.90 Å².